The number of carbonyl (C=O) groups excluding carboxylic acids is 2. The Kier molecular flexibility index (Phi) is 6.41. The van der Waals surface area contributed by atoms with Crippen LogP contribution in [0.1, 0.15) is 32.3 Å². The molecule has 1 N–H and O–H groups in total. The summed E-state index contributed by atoms with van der Waals surface area (Å²) < 4.78 is 5.33. The van der Waals surface area contributed by atoms with Crippen molar-refractivity contribution in [2.45, 2.75) is 39.2 Å². The first-order chi connectivity index (χ1) is 11.5. The second-order valence-corrected chi connectivity index (χ2v) is 6.33. The van der Waals surface area contributed by atoms with E-state index in [4.69, 9.17) is 4.74 Å². The smallest absolute Gasteiger partial charge is 0.244 e. The van der Waals surface area contributed by atoms with Crippen LogP contribution in [0.3, 0.4) is 0 Å². The number of para-hydroxylation sites is 1. The summed E-state index contributed by atoms with van der Waals surface area (Å²) in [6.45, 7) is 5.22. The second-order valence-electron chi connectivity index (χ2n) is 6.33. The van der Waals surface area contributed by atoms with Gasteiger partial charge in [-0.2, -0.15) is 0 Å². The van der Waals surface area contributed by atoms with Crippen LogP contribution >= 0.6 is 0 Å². The molecule has 1 fully saturated rings. The van der Waals surface area contributed by atoms with E-state index in [1.54, 1.807) is 13.2 Å². The zero-order valence-corrected chi connectivity index (χ0v) is 14.7. The van der Waals surface area contributed by atoms with Crippen molar-refractivity contribution in [1.29, 1.82) is 0 Å². The van der Waals surface area contributed by atoms with E-state index in [1.165, 1.54) is 0 Å². The third-order valence-corrected chi connectivity index (χ3v) is 4.09. The van der Waals surface area contributed by atoms with Crippen molar-refractivity contribution in [2.75, 3.05) is 20.2 Å². The summed E-state index contributed by atoms with van der Waals surface area (Å²) in [5.41, 5.74) is 2.01. The van der Waals surface area contributed by atoms with Gasteiger partial charge in [0.1, 0.15) is 5.75 Å². The fourth-order valence-electron chi connectivity index (χ4n) is 2.98. The van der Waals surface area contributed by atoms with Crippen molar-refractivity contribution in [3.8, 4) is 5.75 Å². The molecule has 0 saturated carbocycles. The predicted molar refractivity (Wildman–Crippen MR) is 93.9 cm³/mol. The molecule has 24 heavy (non-hydrogen) atoms. The zero-order chi connectivity index (χ0) is 17.5. The molecule has 1 aromatic rings. The largest absolute Gasteiger partial charge is 0.496 e. The van der Waals surface area contributed by atoms with Gasteiger partial charge in [-0.25, -0.2) is 0 Å². The molecule has 1 atom stereocenters. The molecule has 1 aliphatic heterocycles. The summed E-state index contributed by atoms with van der Waals surface area (Å²) in [7, 11) is 1.64. The van der Waals surface area contributed by atoms with Crippen LogP contribution in [0.4, 0.5) is 0 Å². The van der Waals surface area contributed by atoms with Gasteiger partial charge in [-0.1, -0.05) is 23.8 Å². The van der Waals surface area contributed by atoms with Crippen molar-refractivity contribution in [1.82, 2.24) is 10.2 Å². The van der Waals surface area contributed by atoms with Gasteiger partial charge in [0.15, 0.2) is 0 Å². The first-order valence-electron chi connectivity index (χ1n) is 8.37. The van der Waals surface area contributed by atoms with Gasteiger partial charge in [0.25, 0.3) is 0 Å². The Morgan fingerprint density at radius 2 is 2.17 bits per heavy atom. The Morgan fingerprint density at radius 1 is 1.42 bits per heavy atom. The number of ether oxygens (including phenoxy) is 1. The molecule has 130 valence electrons. The molecule has 0 bridgehead atoms. The fraction of sp³-hybridized carbons (Fsp3) is 0.474. The lowest BCUT2D eigenvalue weighted by Gasteiger charge is -2.21. The normalized spacial score (nSPS) is 16.2. The SMILES string of the molecule is COc1ccccc1C/C(C)=C/C(=O)N[C@@H](C)CN1CCCC1=O. The Labute approximate surface area is 143 Å². The van der Waals surface area contributed by atoms with Crippen molar-refractivity contribution in [3.63, 3.8) is 0 Å². The maximum absolute atomic E-state index is 12.1. The highest BCUT2D eigenvalue weighted by Crippen LogP contribution is 2.20. The molecular weight excluding hydrogens is 304 g/mol. The molecule has 2 amide bonds. The zero-order valence-electron chi connectivity index (χ0n) is 14.7. The molecule has 5 nitrogen and oxygen atoms in total. The number of allylic oxidation sites excluding steroid dienone is 1. The summed E-state index contributed by atoms with van der Waals surface area (Å²) in [6, 6.07) is 7.73. The van der Waals surface area contributed by atoms with E-state index in [1.807, 2.05) is 43.0 Å². The molecule has 1 heterocycles. The topological polar surface area (TPSA) is 58.6 Å². The highest BCUT2D eigenvalue weighted by molar-refractivity contribution is 5.88. The number of nitrogens with one attached hydrogen (secondary N) is 1. The van der Waals surface area contributed by atoms with Crippen LogP contribution in [0.5, 0.6) is 5.75 Å². The van der Waals surface area contributed by atoms with Crippen LogP contribution in [-0.4, -0.2) is 43.0 Å². The number of rotatable bonds is 7. The minimum atomic E-state index is -0.124. The van der Waals surface area contributed by atoms with Crippen molar-refractivity contribution < 1.29 is 14.3 Å². The molecule has 0 radical (unpaired) electrons. The Morgan fingerprint density at radius 3 is 2.83 bits per heavy atom. The molecule has 1 aromatic carbocycles. The van der Waals surface area contributed by atoms with Crippen LogP contribution in [0, 0.1) is 0 Å². The summed E-state index contributed by atoms with van der Waals surface area (Å²) in [5, 5.41) is 2.93. The third-order valence-electron chi connectivity index (χ3n) is 4.09. The average molecular weight is 330 g/mol. The fourth-order valence-corrected chi connectivity index (χ4v) is 2.98. The number of likely N-dealkylation sites (tertiary alicyclic amines) is 1. The van der Waals surface area contributed by atoms with Crippen LogP contribution in [0.2, 0.25) is 0 Å². The number of nitrogens with zero attached hydrogens (tertiary/aromatic N) is 1. The van der Waals surface area contributed by atoms with Gasteiger partial charge in [0.05, 0.1) is 7.11 Å². The second kappa shape index (κ2) is 8.52. The molecule has 1 saturated heterocycles. The van der Waals surface area contributed by atoms with Gasteiger partial charge in [0, 0.05) is 31.6 Å². The first-order valence-corrected chi connectivity index (χ1v) is 8.37. The van der Waals surface area contributed by atoms with Crippen molar-refractivity contribution in [3.05, 3.63) is 41.5 Å². The number of methoxy groups -OCH3 is 1. The number of hydrogen-bond donors (Lipinski definition) is 1. The standard InChI is InChI=1S/C19H26N2O3/c1-14(11-16-7-4-5-8-17(16)24-3)12-18(22)20-15(2)13-21-10-6-9-19(21)23/h4-5,7-8,12,15H,6,9-11,13H2,1-3H3,(H,20,22)/b14-12+/t15-/m0/s1. The van der Waals surface area contributed by atoms with Crippen LogP contribution in [0.25, 0.3) is 0 Å². The van der Waals surface area contributed by atoms with E-state index in [0.29, 0.717) is 19.4 Å². The number of carbonyl (C=O) groups is 2. The summed E-state index contributed by atoms with van der Waals surface area (Å²) >= 11 is 0. The minimum absolute atomic E-state index is 0.0603. The molecule has 5 heteroatoms. The summed E-state index contributed by atoms with van der Waals surface area (Å²) in [6.07, 6.45) is 3.82. The van der Waals surface area contributed by atoms with Gasteiger partial charge < -0.3 is 15.0 Å². The van der Waals surface area contributed by atoms with E-state index in [-0.39, 0.29) is 17.9 Å². The van der Waals surface area contributed by atoms with Gasteiger partial charge >= 0.3 is 0 Å². The first kappa shape index (κ1) is 18.0. The minimum Gasteiger partial charge on any atom is -0.496 e. The van der Waals surface area contributed by atoms with Gasteiger partial charge in [-0.3, -0.25) is 9.59 Å². The lowest BCUT2D eigenvalue weighted by molar-refractivity contribution is -0.128. The molecule has 1 aliphatic rings. The highest BCUT2D eigenvalue weighted by Gasteiger charge is 2.22. The Bertz CT molecular complexity index is 625. The molecule has 2 rings (SSSR count). The quantitative estimate of drug-likeness (QED) is 0.781. The lowest BCUT2D eigenvalue weighted by atomic mass is 10.0. The molecular formula is C19H26N2O3. The Hall–Kier alpha value is -2.30. The van der Waals surface area contributed by atoms with E-state index in [0.717, 1.165) is 29.9 Å². The summed E-state index contributed by atoms with van der Waals surface area (Å²) in [4.78, 5) is 25.6. The maximum atomic E-state index is 12.1. The Balaban J connectivity index is 1.87. The van der Waals surface area contributed by atoms with Crippen LogP contribution in [-0.2, 0) is 16.0 Å². The lowest BCUT2D eigenvalue weighted by Crippen LogP contribution is -2.41. The van der Waals surface area contributed by atoms with Crippen LogP contribution in [0.15, 0.2) is 35.9 Å². The van der Waals surface area contributed by atoms with Gasteiger partial charge in [-0.15, -0.1) is 0 Å². The van der Waals surface area contributed by atoms with E-state index in [2.05, 4.69) is 5.32 Å². The number of benzene rings is 1. The molecule has 0 aromatic heterocycles. The summed E-state index contributed by atoms with van der Waals surface area (Å²) in [5.74, 6) is 0.882. The highest BCUT2D eigenvalue weighted by atomic mass is 16.5. The van der Waals surface area contributed by atoms with Gasteiger partial charge in [0.2, 0.25) is 11.8 Å². The molecule has 0 aliphatic carbocycles. The number of hydrogen-bond acceptors (Lipinski definition) is 3. The maximum Gasteiger partial charge on any atom is 0.244 e. The van der Waals surface area contributed by atoms with E-state index < -0.39 is 0 Å². The molecule has 0 spiro atoms. The van der Waals surface area contributed by atoms with Crippen molar-refractivity contribution >= 4 is 11.8 Å². The molecule has 0 unspecified atom stereocenters. The van der Waals surface area contributed by atoms with Gasteiger partial charge in [-0.05, 0) is 38.3 Å². The van der Waals surface area contributed by atoms with Crippen LogP contribution < -0.4 is 10.1 Å². The average Bonchev–Trinajstić information content (AvgIpc) is 2.92. The van der Waals surface area contributed by atoms with Crippen molar-refractivity contribution in [2.24, 2.45) is 0 Å². The number of amides is 2. The van der Waals surface area contributed by atoms with E-state index >= 15 is 0 Å². The third kappa shape index (κ3) is 5.11. The predicted octanol–water partition coefficient (Wildman–Crippen LogP) is 2.31. The van der Waals surface area contributed by atoms with E-state index in [9.17, 15) is 9.59 Å². The monoisotopic (exact) mass is 330 g/mol.